The van der Waals surface area contributed by atoms with Crippen LogP contribution in [-0.4, -0.2) is 16.5 Å². The number of Topliss-reactive ketones (excluding diaryl/α,β-unsaturated/α-hetero) is 1. The van der Waals surface area contributed by atoms with Crippen LogP contribution in [0.2, 0.25) is 0 Å². The van der Waals surface area contributed by atoms with Crippen LogP contribution in [0.3, 0.4) is 0 Å². The maximum atomic E-state index is 11.2. The predicted octanol–water partition coefficient (Wildman–Crippen LogP) is 4.21. The van der Waals surface area contributed by atoms with Gasteiger partial charge in [0.1, 0.15) is 0 Å². The van der Waals surface area contributed by atoms with Crippen molar-refractivity contribution in [3.63, 3.8) is 0 Å². The molecule has 0 fully saturated rings. The van der Waals surface area contributed by atoms with Crippen LogP contribution in [0.4, 0.5) is 0 Å². The third-order valence-electron chi connectivity index (χ3n) is 2.31. The molecule has 0 unspecified atom stereocenters. The second-order valence-corrected chi connectivity index (χ2v) is 5.32. The number of rotatable bonds is 7. The van der Waals surface area contributed by atoms with Gasteiger partial charge < -0.3 is 0 Å². The molecule has 0 saturated carbocycles. The maximum Gasteiger partial charge on any atom is 0.161 e. The summed E-state index contributed by atoms with van der Waals surface area (Å²) < 4.78 is 0. The quantitative estimate of drug-likeness (QED) is 0.423. The minimum absolute atomic E-state index is 0.0594. The number of carbonyl (C=O) groups excluding carboxylic acids is 1. The number of aromatic nitrogens is 1. The van der Waals surface area contributed by atoms with E-state index in [1.54, 1.807) is 24.9 Å². The lowest BCUT2D eigenvalue weighted by Crippen LogP contribution is -1.95. The van der Waals surface area contributed by atoms with Crippen LogP contribution in [0, 0.1) is 0 Å². The number of thioether (sulfide) groups is 1. The molecule has 0 aliphatic carbocycles. The number of hydrogen-bond donors (Lipinski definition) is 0. The SMILES string of the molecule is C=C(C)/C=C\C=C/CSCc1cncc(C(C)=O)c1. The van der Waals surface area contributed by atoms with Crippen molar-refractivity contribution in [3.05, 3.63) is 66.0 Å². The lowest BCUT2D eigenvalue weighted by atomic mass is 10.2. The van der Waals surface area contributed by atoms with Gasteiger partial charge in [-0.05, 0) is 25.5 Å². The van der Waals surface area contributed by atoms with Crippen molar-refractivity contribution in [2.24, 2.45) is 0 Å². The largest absolute Gasteiger partial charge is 0.294 e. The van der Waals surface area contributed by atoms with E-state index in [-0.39, 0.29) is 5.78 Å². The average Bonchev–Trinajstić information content (AvgIpc) is 2.37. The molecule has 1 aromatic rings. The number of pyridine rings is 1. The van der Waals surface area contributed by atoms with Crippen LogP contribution in [0.15, 0.2) is 54.9 Å². The van der Waals surface area contributed by atoms with Gasteiger partial charge in [0, 0.05) is 29.5 Å². The fourth-order valence-electron chi connectivity index (χ4n) is 1.36. The maximum absolute atomic E-state index is 11.2. The Morgan fingerprint density at radius 1 is 1.37 bits per heavy atom. The van der Waals surface area contributed by atoms with Gasteiger partial charge in [-0.1, -0.05) is 36.5 Å². The van der Waals surface area contributed by atoms with Crippen molar-refractivity contribution in [2.45, 2.75) is 19.6 Å². The Balaban J connectivity index is 2.35. The highest BCUT2D eigenvalue weighted by Crippen LogP contribution is 2.13. The molecule has 1 rings (SSSR count). The third kappa shape index (κ3) is 6.77. The molecule has 0 aliphatic heterocycles. The Bertz CT molecular complexity index is 503. The zero-order valence-corrected chi connectivity index (χ0v) is 12.2. The highest BCUT2D eigenvalue weighted by Gasteiger charge is 2.00. The Morgan fingerprint density at radius 2 is 2.16 bits per heavy atom. The van der Waals surface area contributed by atoms with E-state index in [9.17, 15) is 4.79 Å². The second kappa shape index (κ2) is 8.48. The molecule has 0 radical (unpaired) electrons. The van der Waals surface area contributed by atoms with E-state index in [0.717, 1.165) is 22.6 Å². The fourth-order valence-corrected chi connectivity index (χ4v) is 2.12. The molecule has 0 aliphatic rings. The molecule has 0 N–H and O–H groups in total. The van der Waals surface area contributed by atoms with Gasteiger partial charge >= 0.3 is 0 Å². The van der Waals surface area contributed by atoms with Crippen molar-refractivity contribution in [1.29, 1.82) is 0 Å². The summed E-state index contributed by atoms with van der Waals surface area (Å²) in [4.78, 5) is 15.3. The van der Waals surface area contributed by atoms with Gasteiger partial charge in [-0.15, -0.1) is 0 Å². The summed E-state index contributed by atoms with van der Waals surface area (Å²) in [6, 6.07) is 1.91. The zero-order valence-electron chi connectivity index (χ0n) is 11.4. The van der Waals surface area contributed by atoms with Gasteiger partial charge in [0.15, 0.2) is 5.78 Å². The average molecular weight is 273 g/mol. The summed E-state index contributed by atoms with van der Waals surface area (Å²) in [6.07, 6.45) is 11.5. The van der Waals surface area contributed by atoms with Crippen LogP contribution in [-0.2, 0) is 5.75 Å². The monoisotopic (exact) mass is 273 g/mol. The van der Waals surface area contributed by atoms with Crippen LogP contribution in [0.1, 0.15) is 29.8 Å². The predicted molar refractivity (Wildman–Crippen MR) is 83.5 cm³/mol. The number of hydrogen-bond acceptors (Lipinski definition) is 3. The molecular formula is C16H19NOS. The number of allylic oxidation sites excluding steroid dienone is 4. The molecule has 100 valence electrons. The zero-order chi connectivity index (χ0) is 14.1. The van der Waals surface area contributed by atoms with Crippen molar-refractivity contribution in [3.8, 4) is 0 Å². The molecule has 1 aromatic heterocycles. The van der Waals surface area contributed by atoms with E-state index in [1.165, 1.54) is 0 Å². The van der Waals surface area contributed by atoms with E-state index in [4.69, 9.17) is 0 Å². The van der Waals surface area contributed by atoms with Crippen LogP contribution >= 0.6 is 11.8 Å². The molecule has 0 bridgehead atoms. The van der Waals surface area contributed by atoms with Crippen molar-refractivity contribution in [1.82, 2.24) is 4.98 Å². The minimum atomic E-state index is 0.0594. The summed E-state index contributed by atoms with van der Waals surface area (Å²) in [7, 11) is 0. The van der Waals surface area contributed by atoms with Gasteiger partial charge in [0.2, 0.25) is 0 Å². The highest BCUT2D eigenvalue weighted by atomic mass is 32.2. The van der Waals surface area contributed by atoms with Crippen molar-refractivity contribution in [2.75, 3.05) is 5.75 Å². The summed E-state index contributed by atoms with van der Waals surface area (Å²) in [5.74, 6) is 1.86. The van der Waals surface area contributed by atoms with Gasteiger partial charge in [0.25, 0.3) is 0 Å². The molecule has 0 amide bonds. The Labute approximate surface area is 119 Å². The van der Waals surface area contributed by atoms with Gasteiger partial charge in [-0.25, -0.2) is 0 Å². The summed E-state index contributed by atoms with van der Waals surface area (Å²) >= 11 is 1.79. The second-order valence-electron chi connectivity index (χ2n) is 4.29. The first-order chi connectivity index (χ1) is 9.09. The first-order valence-corrected chi connectivity index (χ1v) is 7.26. The lowest BCUT2D eigenvalue weighted by molar-refractivity contribution is 0.101. The smallest absolute Gasteiger partial charge is 0.161 e. The number of nitrogens with zero attached hydrogens (tertiary/aromatic N) is 1. The van der Waals surface area contributed by atoms with E-state index >= 15 is 0 Å². The van der Waals surface area contributed by atoms with Crippen LogP contribution in [0.5, 0.6) is 0 Å². The topological polar surface area (TPSA) is 30.0 Å². The summed E-state index contributed by atoms with van der Waals surface area (Å²) in [6.45, 7) is 7.32. The molecule has 0 spiro atoms. The summed E-state index contributed by atoms with van der Waals surface area (Å²) in [5.41, 5.74) is 2.81. The molecule has 1 heterocycles. The summed E-state index contributed by atoms with van der Waals surface area (Å²) in [5, 5.41) is 0. The standard InChI is InChI=1S/C16H19NOS/c1-13(2)7-5-4-6-8-19-12-15-9-16(14(3)18)11-17-10-15/h4-7,9-11H,1,8,12H2,2-3H3/b6-4-,7-5-. The Morgan fingerprint density at radius 3 is 2.84 bits per heavy atom. The van der Waals surface area contributed by atoms with E-state index < -0.39 is 0 Å². The normalized spacial score (nSPS) is 11.3. The first kappa shape index (κ1) is 15.4. The molecule has 2 nitrogen and oxygen atoms in total. The minimum Gasteiger partial charge on any atom is -0.294 e. The Kier molecular flexibility index (Phi) is 6.90. The lowest BCUT2D eigenvalue weighted by Gasteiger charge is -2.01. The van der Waals surface area contributed by atoms with E-state index in [2.05, 4.69) is 17.6 Å². The Hall–Kier alpha value is -1.61. The van der Waals surface area contributed by atoms with Crippen molar-refractivity contribution < 1.29 is 4.79 Å². The molecule has 3 heteroatoms. The number of ketones is 1. The van der Waals surface area contributed by atoms with Gasteiger partial charge in [0.05, 0.1) is 0 Å². The molecule has 0 aromatic carbocycles. The highest BCUT2D eigenvalue weighted by molar-refractivity contribution is 7.98. The number of carbonyl (C=O) groups is 1. The fraction of sp³-hybridized carbons (Fsp3) is 0.250. The van der Waals surface area contributed by atoms with Crippen LogP contribution in [0.25, 0.3) is 0 Å². The van der Waals surface area contributed by atoms with Gasteiger partial charge in [-0.2, -0.15) is 11.8 Å². The molecule has 0 saturated heterocycles. The molecule has 19 heavy (non-hydrogen) atoms. The third-order valence-corrected chi connectivity index (χ3v) is 3.28. The van der Waals surface area contributed by atoms with Crippen molar-refractivity contribution >= 4 is 17.5 Å². The van der Waals surface area contributed by atoms with Crippen LogP contribution < -0.4 is 0 Å². The van der Waals surface area contributed by atoms with Gasteiger partial charge in [-0.3, -0.25) is 9.78 Å². The molecular weight excluding hydrogens is 254 g/mol. The van der Waals surface area contributed by atoms with E-state index in [1.807, 2.05) is 37.4 Å². The first-order valence-electron chi connectivity index (χ1n) is 6.11. The van der Waals surface area contributed by atoms with E-state index in [0.29, 0.717) is 5.56 Å². The molecule has 0 atom stereocenters.